The van der Waals surface area contributed by atoms with Crippen LogP contribution in [0.1, 0.15) is 48.3 Å². The van der Waals surface area contributed by atoms with Gasteiger partial charge in [-0.2, -0.15) is 0 Å². The van der Waals surface area contributed by atoms with Gasteiger partial charge in [0.25, 0.3) is 0 Å². The van der Waals surface area contributed by atoms with Crippen molar-refractivity contribution in [2.24, 2.45) is 0 Å². The van der Waals surface area contributed by atoms with Crippen LogP contribution >= 0.6 is 0 Å². The molecule has 0 saturated carbocycles. The van der Waals surface area contributed by atoms with Crippen LogP contribution < -0.4 is 10.6 Å². The molecule has 1 aliphatic carbocycles. The highest BCUT2D eigenvalue weighted by Gasteiger charge is 2.11. The Morgan fingerprint density at radius 3 is 2.77 bits per heavy atom. The maximum absolute atomic E-state index is 11.3. The summed E-state index contributed by atoms with van der Waals surface area (Å²) in [5, 5.41) is 15.7. The highest BCUT2D eigenvalue weighted by molar-refractivity contribution is 5.95. The number of carboxylic acid groups (broad SMARTS) is 1. The van der Waals surface area contributed by atoms with Crippen LogP contribution in [0.3, 0.4) is 0 Å². The van der Waals surface area contributed by atoms with Gasteiger partial charge in [0.2, 0.25) is 0 Å². The van der Waals surface area contributed by atoms with Crippen molar-refractivity contribution in [1.82, 2.24) is 9.97 Å². The van der Waals surface area contributed by atoms with Crippen LogP contribution in [0.25, 0.3) is 0 Å². The molecule has 1 aromatic heterocycles. The summed E-state index contributed by atoms with van der Waals surface area (Å²) in [7, 11) is 0. The van der Waals surface area contributed by atoms with Crippen LogP contribution in [0.4, 0.5) is 17.3 Å². The first-order chi connectivity index (χ1) is 12.6. The first-order valence-electron chi connectivity index (χ1n) is 8.98. The molecule has 2 aromatic rings. The van der Waals surface area contributed by atoms with E-state index >= 15 is 0 Å². The van der Waals surface area contributed by atoms with Crippen LogP contribution in [0.5, 0.6) is 0 Å². The highest BCUT2D eigenvalue weighted by atomic mass is 16.4. The minimum atomic E-state index is -0.974. The van der Waals surface area contributed by atoms with Crippen LogP contribution in [-0.2, 0) is 0 Å². The fraction of sp³-hybridized carbons (Fsp3) is 0.350. The number of nitrogens with zero attached hydrogens (tertiary/aromatic N) is 2. The largest absolute Gasteiger partial charge is 0.478 e. The van der Waals surface area contributed by atoms with E-state index in [0.717, 1.165) is 18.8 Å². The van der Waals surface area contributed by atoms with Gasteiger partial charge in [-0.1, -0.05) is 23.8 Å². The molecule has 0 amide bonds. The zero-order valence-corrected chi connectivity index (χ0v) is 15.0. The lowest BCUT2D eigenvalue weighted by Gasteiger charge is -2.14. The van der Waals surface area contributed by atoms with Gasteiger partial charge in [0.05, 0.1) is 11.3 Å². The topological polar surface area (TPSA) is 87.1 Å². The smallest absolute Gasteiger partial charge is 0.337 e. The molecule has 1 heterocycles. The Hall–Kier alpha value is -2.89. The number of allylic oxidation sites excluding steroid dienone is 1. The molecule has 0 fully saturated rings. The summed E-state index contributed by atoms with van der Waals surface area (Å²) in [6, 6.07) is 8.59. The van der Waals surface area contributed by atoms with Crippen molar-refractivity contribution in [1.29, 1.82) is 0 Å². The van der Waals surface area contributed by atoms with E-state index in [-0.39, 0.29) is 5.56 Å². The second-order valence-electron chi connectivity index (χ2n) is 6.45. The molecule has 26 heavy (non-hydrogen) atoms. The molecular weight excluding hydrogens is 328 g/mol. The average molecular weight is 352 g/mol. The van der Waals surface area contributed by atoms with Crippen molar-refractivity contribution in [3.05, 3.63) is 53.4 Å². The lowest BCUT2D eigenvalue weighted by atomic mass is 9.97. The fourth-order valence-corrected chi connectivity index (χ4v) is 3.12. The van der Waals surface area contributed by atoms with Gasteiger partial charge < -0.3 is 15.7 Å². The number of rotatable bonds is 7. The minimum absolute atomic E-state index is 0.211. The van der Waals surface area contributed by atoms with Gasteiger partial charge in [-0.05, 0) is 51.2 Å². The Morgan fingerprint density at radius 1 is 1.19 bits per heavy atom. The normalized spacial score (nSPS) is 13.8. The van der Waals surface area contributed by atoms with Crippen molar-refractivity contribution >= 4 is 23.3 Å². The first kappa shape index (κ1) is 17.9. The van der Waals surface area contributed by atoms with Crippen LogP contribution in [0.15, 0.2) is 42.0 Å². The molecule has 0 saturated heterocycles. The van der Waals surface area contributed by atoms with E-state index in [1.54, 1.807) is 30.3 Å². The zero-order chi connectivity index (χ0) is 18.4. The molecule has 6 heteroatoms. The number of nitrogens with one attached hydrogen (secondary N) is 2. The van der Waals surface area contributed by atoms with Crippen molar-refractivity contribution in [2.75, 3.05) is 17.2 Å². The van der Waals surface area contributed by atoms with Crippen molar-refractivity contribution in [2.45, 2.75) is 39.0 Å². The molecule has 3 rings (SSSR count). The number of hydrogen-bond acceptors (Lipinski definition) is 5. The summed E-state index contributed by atoms with van der Waals surface area (Å²) in [6.07, 6.45) is 8.35. The molecule has 0 unspecified atom stereocenters. The third-order valence-electron chi connectivity index (χ3n) is 4.40. The van der Waals surface area contributed by atoms with E-state index in [9.17, 15) is 9.90 Å². The number of aryl methyl sites for hydroxylation is 1. The quantitative estimate of drug-likeness (QED) is 0.635. The molecule has 6 nitrogen and oxygen atoms in total. The summed E-state index contributed by atoms with van der Waals surface area (Å²) in [4.78, 5) is 20.1. The van der Waals surface area contributed by atoms with E-state index < -0.39 is 5.97 Å². The first-order valence-corrected chi connectivity index (χ1v) is 8.98. The monoisotopic (exact) mass is 352 g/mol. The predicted molar refractivity (Wildman–Crippen MR) is 103 cm³/mol. The lowest BCUT2D eigenvalue weighted by Crippen LogP contribution is -2.09. The van der Waals surface area contributed by atoms with Gasteiger partial charge in [0.1, 0.15) is 17.5 Å². The van der Waals surface area contributed by atoms with Crippen LogP contribution in [0, 0.1) is 6.92 Å². The average Bonchev–Trinajstić information content (AvgIpc) is 2.62. The van der Waals surface area contributed by atoms with Gasteiger partial charge in [0.15, 0.2) is 0 Å². The van der Waals surface area contributed by atoms with E-state index in [0.29, 0.717) is 17.3 Å². The van der Waals surface area contributed by atoms with Crippen molar-refractivity contribution in [3.8, 4) is 0 Å². The molecule has 0 atom stereocenters. The Morgan fingerprint density at radius 2 is 2.00 bits per heavy atom. The number of benzene rings is 1. The minimum Gasteiger partial charge on any atom is -0.478 e. The van der Waals surface area contributed by atoms with Crippen LogP contribution in [0.2, 0.25) is 0 Å². The Bertz CT molecular complexity index is 817. The third kappa shape index (κ3) is 4.81. The van der Waals surface area contributed by atoms with Crippen LogP contribution in [-0.4, -0.2) is 27.6 Å². The second kappa shape index (κ2) is 8.47. The number of carboxylic acids is 1. The zero-order valence-electron chi connectivity index (χ0n) is 15.0. The molecule has 1 aliphatic rings. The van der Waals surface area contributed by atoms with E-state index in [1.165, 1.54) is 31.3 Å². The maximum atomic E-state index is 11.3. The predicted octanol–water partition coefficient (Wildman–Crippen LogP) is 4.53. The summed E-state index contributed by atoms with van der Waals surface area (Å²) >= 11 is 0. The lowest BCUT2D eigenvalue weighted by molar-refractivity contribution is 0.0698. The molecule has 0 aliphatic heterocycles. The number of anilines is 3. The maximum Gasteiger partial charge on any atom is 0.337 e. The van der Waals surface area contributed by atoms with E-state index in [1.807, 2.05) is 6.92 Å². The standard InChI is InChI=1S/C20H24N4O2/c1-14-22-18(21-12-11-15-7-3-2-4-8-15)13-19(23-14)24-17-10-6-5-9-16(17)20(25)26/h5-7,9-10,13H,2-4,8,11-12H2,1H3,(H,25,26)(H2,21,22,23,24). The molecule has 0 radical (unpaired) electrons. The van der Waals surface area contributed by atoms with Crippen molar-refractivity contribution < 1.29 is 9.90 Å². The number of hydrogen-bond donors (Lipinski definition) is 3. The number of para-hydroxylation sites is 1. The van der Waals surface area contributed by atoms with Gasteiger partial charge in [0, 0.05) is 12.6 Å². The third-order valence-corrected chi connectivity index (χ3v) is 4.40. The van der Waals surface area contributed by atoms with E-state index in [2.05, 4.69) is 26.7 Å². The Kier molecular flexibility index (Phi) is 5.84. The molecule has 136 valence electrons. The summed E-state index contributed by atoms with van der Waals surface area (Å²) in [6.45, 7) is 2.65. The molecule has 0 spiro atoms. The summed E-state index contributed by atoms with van der Waals surface area (Å²) in [5.74, 6) is 0.968. The van der Waals surface area contributed by atoms with Gasteiger partial charge in [-0.3, -0.25) is 0 Å². The summed E-state index contributed by atoms with van der Waals surface area (Å²) in [5.41, 5.74) is 2.24. The van der Waals surface area contributed by atoms with Gasteiger partial charge in [-0.15, -0.1) is 0 Å². The molecule has 0 bridgehead atoms. The molecule has 3 N–H and O–H groups in total. The van der Waals surface area contributed by atoms with Gasteiger partial charge in [-0.25, -0.2) is 14.8 Å². The molecule has 1 aromatic carbocycles. The number of aromatic carboxylic acids is 1. The molecular formula is C20H24N4O2. The Balaban J connectivity index is 1.68. The highest BCUT2D eigenvalue weighted by Crippen LogP contribution is 2.22. The van der Waals surface area contributed by atoms with Gasteiger partial charge >= 0.3 is 5.97 Å². The fourth-order valence-electron chi connectivity index (χ4n) is 3.12. The Labute approximate surface area is 153 Å². The number of carbonyl (C=O) groups is 1. The summed E-state index contributed by atoms with van der Waals surface area (Å²) < 4.78 is 0. The second-order valence-corrected chi connectivity index (χ2v) is 6.45. The van der Waals surface area contributed by atoms with E-state index in [4.69, 9.17) is 0 Å². The van der Waals surface area contributed by atoms with Crippen molar-refractivity contribution in [3.63, 3.8) is 0 Å². The number of aromatic nitrogens is 2. The SMILES string of the molecule is Cc1nc(NCCC2=CCCCC2)cc(Nc2ccccc2C(=O)O)n1.